The van der Waals surface area contributed by atoms with Crippen LogP contribution in [0, 0.1) is 5.92 Å². The number of amides is 5. The first kappa shape index (κ1) is 29.0. The maximum absolute atomic E-state index is 13.0. The van der Waals surface area contributed by atoms with Gasteiger partial charge in [-0.15, -0.1) is 11.6 Å². The summed E-state index contributed by atoms with van der Waals surface area (Å²) in [5.41, 5.74) is 5.79. The number of carbonyl (C=O) groups is 4. The van der Waals surface area contributed by atoms with Gasteiger partial charge in [0, 0.05) is 18.1 Å². The molecule has 2 atom stereocenters. The molecule has 0 aliphatic carbocycles. The van der Waals surface area contributed by atoms with Gasteiger partial charge < -0.3 is 31.7 Å². The number of alkyl carbamates (subject to hydrolysis) is 1. The molecular weight excluding hydrogens is 462 g/mol. The van der Waals surface area contributed by atoms with Gasteiger partial charge in [-0.05, 0) is 57.2 Å². The van der Waals surface area contributed by atoms with Crippen LogP contribution in [0.4, 0.5) is 15.3 Å². The summed E-state index contributed by atoms with van der Waals surface area (Å²) in [6.07, 6.45) is -0.111. The summed E-state index contributed by atoms with van der Waals surface area (Å²) >= 11 is 5.80. The minimum atomic E-state index is -0.920. The Morgan fingerprint density at radius 1 is 1.03 bits per heavy atom. The lowest BCUT2D eigenvalue weighted by molar-refractivity contribution is -0.128. The smallest absolute Gasteiger partial charge is 0.408 e. The average molecular weight is 498 g/mol. The standard InChI is InChI=1S/C23H36ClN5O5/c1-14(2)18(29-22(33)34-23(3,4)5)20(31)28-17(7-6-12-26-21(25)32)19(30)27-16-10-8-15(13-24)9-11-16/h8-11,14,17-18H,6-7,12-13H2,1-5H3,(H,27,30)(H,28,31)(H,29,33)(H3,25,26,32)/t17-,18-/m0/s1. The Morgan fingerprint density at radius 2 is 1.65 bits per heavy atom. The topological polar surface area (TPSA) is 152 Å². The summed E-state index contributed by atoms with van der Waals surface area (Å²) in [4.78, 5) is 49.1. The predicted octanol–water partition coefficient (Wildman–Crippen LogP) is 2.85. The molecular formula is C23H36ClN5O5. The molecule has 34 heavy (non-hydrogen) atoms. The fraction of sp³-hybridized carbons (Fsp3) is 0.565. The van der Waals surface area contributed by atoms with Crippen molar-refractivity contribution in [3.8, 4) is 0 Å². The number of anilines is 1. The van der Waals surface area contributed by atoms with Gasteiger partial charge in [0.15, 0.2) is 0 Å². The highest BCUT2D eigenvalue weighted by Gasteiger charge is 2.30. The van der Waals surface area contributed by atoms with Crippen LogP contribution in [0.5, 0.6) is 0 Å². The minimum absolute atomic E-state index is 0.231. The molecule has 1 rings (SSSR count). The van der Waals surface area contributed by atoms with Crippen LogP contribution in [0.1, 0.15) is 53.0 Å². The Morgan fingerprint density at radius 3 is 2.15 bits per heavy atom. The number of ether oxygens (including phenoxy) is 1. The third kappa shape index (κ3) is 11.2. The van der Waals surface area contributed by atoms with Crippen LogP contribution in [-0.2, 0) is 20.2 Å². The van der Waals surface area contributed by atoms with Crippen molar-refractivity contribution >= 4 is 41.2 Å². The number of carbonyl (C=O) groups excluding carboxylic acids is 4. The van der Waals surface area contributed by atoms with Gasteiger partial charge in [-0.25, -0.2) is 9.59 Å². The van der Waals surface area contributed by atoms with E-state index in [-0.39, 0.29) is 18.9 Å². The van der Waals surface area contributed by atoms with Crippen LogP contribution in [0.25, 0.3) is 0 Å². The van der Waals surface area contributed by atoms with E-state index < -0.39 is 41.6 Å². The Balaban J connectivity index is 2.92. The van der Waals surface area contributed by atoms with Crippen LogP contribution in [0.3, 0.4) is 0 Å². The molecule has 0 aromatic heterocycles. The maximum Gasteiger partial charge on any atom is 0.408 e. The molecule has 0 bridgehead atoms. The molecule has 0 aliphatic heterocycles. The summed E-state index contributed by atoms with van der Waals surface area (Å²) in [5.74, 6) is -0.885. The summed E-state index contributed by atoms with van der Waals surface area (Å²) in [7, 11) is 0. The second kappa shape index (κ2) is 13.6. The molecule has 0 unspecified atom stereocenters. The van der Waals surface area contributed by atoms with Crippen LogP contribution >= 0.6 is 11.6 Å². The van der Waals surface area contributed by atoms with E-state index in [0.29, 0.717) is 18.0 Å². The summed E-state index contributed by atoms with van der Waals surface area (Å²) in [6, 6.07) is 4.48. The molecule has 0 heterocycles. The fourth-order valence-corrected chi connectivity index (χ4v) is 3.10. The van der Waals surface area contributed by atoms with Crippen molar-refractivity contribution in [2.75, 3.05) is 11.9 Å². The first-order valence-corrected chi connectivity index (χ1v) is 11.6. The first-order valence-electron chi connectivity index (χ1n) is 11.1. The van der Waals surface area contributed by atoms with E-state index in [4.69, 9.17) is 22.1 Å². The number of urea groups is 1. The van der Waals surface area contributed by atoms with E-state index in [0.717, 1.165) is 5.56 Å². The summed E-state index contributed by atoms with van der Waals surface area (Å²) in [5, 5.41) is 10.5. The number of nitrogens with one attached hydrogen (secondary N) is 4. The molecule has 5 amide bonds. The third-order valence-corrected chi connectivity index (χ3v) is 4.91. The number of rotatable bonds is 11. The SMILES string of the molecule is CC(C)[C@H](NC(=O)OC(C)(C)C)C(=O)N[C@@H](CCCNC(N)=O)C(=O)Nc1ccc(CCl)cc1. The molecule has 1 aromatic rings. The molecule has 0 saturated heterocycles. The van der Waals surface area contributed by atoms with Gasteiger partial charge >= 0.3 is 12.1 Å². The third-order valence-electron chi connectivity index (χ3n) is 4.60. The number of primary amides is 1. The lowest BCUT2D eigenvalue weighted by atomic mass is 10.0. The molecule has 0 aliphatic rings. The molecule has 6 N–H and O–H groups in total. The summed E-state index contributed by atoms with van der Waals surface area (Å²) in [6.45, 7) is 8.94. The number of nitrogens with two attached hydrogens (primary N) is 1. The van der Waals surface area contributed by atoms with E-state index in [1.807, 2.05) is 0 Å². The number of hydrogen-bond donors (Lipinski definition) is 5. The Hall–Kier alpha value is -3.01. The molecule has 0 fully saturated rings. The van der Waals surface area contributed by atoms with Crippen LogP contribution in [-0.4, -0.2) is 48.2 Å². The summed E-state index contributed by atoms with van der Waals surface area (Å²) < 4.78 is 5.25. The van der Waals surface area contributed by atoms with Gasteiger partial charge in [0.1, 0.15) is 17.7 Å². The van der Waals surface area contributed by atoms with Crippen molar-refractivity contribution in [2.45, 2.75) is 71.0 Å². The zero-order valence-corrected chi connectivity index (χ0v) is 21.1. The predicted molar refractivity (Wildman–Crippen MR) is 131 cm³/mol. The zero-order valence-electron chi connectivity index (χ0n) is 20.4. The molecule has 1 aromatic carbocycles. The monoisotopic (exact) mass is 497 g/mol. The Labute approximate surface area is 205 Å². The second-order valence-corrected chi connectivity index (χ2v) is 9.45. The molecule has 0 saturated carbocycles. The lowest BCUT2D eigenvalue weighted by Crippen LogP contribution is -2.55. The number of alkyl halides is 1. The van der Waals surface area contributed by atoms with Gasteiger partial charge in [0.2, 0.25) is 11.8 Å². The fourth-order valence-electron chi connectivity index (χ4n) is 2.92. The van der Waals surface area contributed by atoms with Crippen molar-refractivity contribution in [3.63, 3.8) is 0 Å². The van der Waals surface area contributed by atoms with Gasteiger partial charge in [-0.1, -0.05) is 26.0 Å². The van der Waals surface area contributed by atoms with Gasteiger partial charge in [-0.3, -0.25) is 9.59 Å². The van der Waals surface area contributed by atoms with E-state index in [1.165, 1.54) is 0 Å². The van der Waals surface area contributed by atoms with Crippen LogP contribution in [0.15, 0.2) is 24.3 Å². The van der Waals surface area contributed by atoms with E-state index in [2.05, 4.69) is 21.3 Å². The van der Waals surface area contributed by atoms with Crippen molar-refractivity contribution in [3.05, 3.63) is 29.8 Å². The maximum atomic E-state index is 13.0. The first-order chi connectivity index (χ1) is 15.8. The second-order valence-electron chi connectivity index (χ2n) is 9.18. The van der Waals surface area contributed by atoms with Gasteiger partial charge in [0.05, 0.1) is 0 Å². The average Bonchev–Trinajstić information content (AvgIpc) is 2.72. The van der Waals surface area contributed by atoms with Crippen molar-refractivity contribution in [2.24, 2.45) is 11.7 Å². The van der Waals surface area contributed by atoms with E-state index in [1.54, 1.807) is 58.9 Å². The highest BCUT2D eigenvalue weighted by molar-refractivity contribution is 6.17. The lowest BCUT2D eigenvalue weighted by Gasteiger charge is -2.27. The van der Waals surface area contributed by atoms with E-state index in [9.17, 15) is 19.2 Å². The highest BCUT2D eigenvalue weighted by Crippen LogP contribution is 2.13. The highest BCUT2D eigenvalue weighted by atomic mass is 35.5. The van der Waals surface area contributed by atoms with E-state index >= 15 is 0 Å². The molecule has 0 spiro atoms. The van der Waals surface area contributed by atoms with Gasteiger partial charge in [0.25, 0.3) is 0 Å². The van der Waals surface area contributed by atoms with Crippen molar-refractivity contribution in [1.82, 2.24) is 16.0 Å². The molecule has 190 valence electrons. The normalized spacial score (nSPS) is 12.9. The van der Waals surface area contributed by atoms with Crippen molar-refractivity contribution < 1.29 is 23.9 Å². The number of halogens is 1. The van der Waals surface area contributed by atoms with Gasteiger partial charge in [-0.2, -0.15) is 0 Å². The quantitative estimate of drug-likeness (QED) is 0.235. The minimum Gasteiger partial charge on any atom is -0.444 e. The number of hydrogen-bond acceptors (Lipinski definition) is 5. The van der Waals surface area contributed by atoms with Crippen LogP contribution in [0.2, 0.25) is 0 Å². The Kier molecular flexibility index (Phi) is 11.6. The largest absolute Gasteiger partial charge is 0.444 e. The van der Waals surface area contributed by atoms with Crippen LogP contribution < -0.4 is 27.0 Å². The molecule has 10 nitrogen and oxygen atoms in total. The molecule has 11 heteroatoms. The van der Waals surface area contributed by atoms with Crippen molar-refractivity contribution in [1.29, 1.82) is 0 Å². The Bertz CT molecular complexity index is 839. The molecule has 0 radical (unpaired) electrons. The zero-order chi connectivity index (χ0) is 25.9. The number of benzene rings is 1.